The number of ether oxygens (including phenoxy) is 2. The minimum Gasteiger partial charge on any atom is -0.471 e. The summed E-state index contributed by atoms with van der Waals surface area (Å²) in [5, 5.41) is 0. The standard InChI is InChI=1S/C20H19F4N3O4/c21-15-11-27(9-7-16(15)30-19-14(18(25)29)2-1-8-26-19)17(28)10-12-3-5-13(6-4-12)31-20(22,23)24/h1-6,8,15-16H,7,9-11H2,(H2,25,29)/t15-,16-/m1/s1. The Morgan fingerprint density at radius 2 is 1.90 bits per heavy atom. The normalized spacial score (nSPS) is 19.0. The van der Waals surface area contributed by atoms with E-state index in [4.69, 9.17) is 10.5 Å². The fourth-order valence-electron chi connectivity index (χ4n) is 3.15. The molecule has 2 heterocycles. The monoisotopic (exact) mass is 441 g/mol. The molecule has 2 amide bonds. The molecule has 0 aliphatic carbocycles. The fourth-order valence-corrected chi connectivity index (χ4v) is 3.15. The number of benzene rings is 1. The summed E-state index contributed by atoms with van der Waals surface area (Å²) in [6.45, 7) is -0.0184. The first-order chi connectivity index (χ1) is 14.6. The highest BCUT2D eigenvalue weighted by molar-refractivity contribution is 5.94. The summed E-state index contributed by atoms with van der Waals surface area (Å²) >= 11 is 0. The van der Waals surface area contributed by atoms with Crippen molar-refractivity contribution in [2.45, 2.75) is 31.5 Å². The molecule has 2 N–H and O–H groups in total. The average Bonchev–Trinajstić information content (AvgIpc) is 2.70. The highest BCUT2D eigenvalue weighted by atomic mass is 19.4. The number of hydrogen-bond donors (Lipinski definition) is 1. The summed E-state index contributed by atoms with van der Waals surface area (Å²) in [6, 6.07) is 7.82. The molecule has 0 spiro atoms. The molecular weight excluding hydrogens is 422 g/mol. The van der Waals surface area contributed by atoms with Gasteiger partial charge in [0, 0.05) is 19.2 Å². The summed E-state index contributed by atoms with van der Waals surface area (Å²) in [6.07, 6.45) is -5.78. The number of hydrogen-bond acceptors (Lipinski definition) is 5. The Labute approximate surface area is 174 Å². The van der Waals surface area contributed by atoms with Crippen LogP contribution in [-0.2, 0) is 11.2 Å². The van der Waals surface area contributed by atoms with E-state index < -0.39 is 30.3 Å². The van der Waals surface area contributed by atoms with Gasteiger partial charge in [-0.1, -0.05) is 12.1 Å². The molecule has 3 rings (SSSR count). The number of aromatic nitrogens is 1. The predicted octanol–water partition coefficient (Wildman–Crippen LogP) is 2.64. The SMILES string of the molecule is NC(=O)c1cccnc1O[C@@H]1CCN(C(=O)Cc2ccc(OC(F)(F)F)cc2)C[C@H]1F. The number of primary amides is 1. The van der Waals surface area contributed by atoms with E-state index in [0.717, 1.165) is 12.1 Å². The molecule has 0 bridgehead atoms. The Morgan fingerprint density at radius 3 is 2.52 bits per heavy atom. The van der Waals surface area contributed by atoms with Gasteiger partial charge < -0.3 is 20.1 Å². The number of alkyl halides is 4. The largest absolute Gasteiger partial charge is 0.573 e. The maximum absolute atomic E-state index is 14.6. The first-order valence-electron chi connectivity index (χ1n) is 9.30. The molecule has 1 fully saturated rings. The van der Waals surface area contributed by atoms with E-state index in [1.165, 1.54) is 35.4 Å². The van der Waals surface area contributed by atoms with Crippen molar-refractivity contribution in [2.24, 2.45) is 5.73 Å². The second-order valence-electron chi connectivity index (χ2n) is 6.89. The van der Waals surface area contributed by atoms with Crippen LogP contribution in [0.2, 0.25) is 0 Å². The van der Waals surface area contributed by atoms with Crippen LogP contribution in [0.1, 0.15) is 22.3 Å². The van der Waals surface area contributed by atoms with Gasteiger partial charge in [-0.3, -0.25) is 9.59 Å². The third-order valence-corrected chi connectivity index (χ3v) is 4.65. The van der Waals surface area contributed by atoms with Crippen molar-refractivity contribution < 1.29 is 36.6 Å². The van der Waals surface area contributed by atoms with Crippen molar-refractivity contribution >= 4 is 11.8 Å². The number of carbonyl (C=O) groups excluding carboxylic acids is 2. The number of carbonyl (C=O) groups is 2. The van der Waals surface area contributed by atoms with E-state index >= 15 is 0 Å². The van der Waals surface area contributed by atoms with Crippen LogP contribution in [0.4, 0.5) is 17.6 Å². The van der Waals surface area contributed by atoms with Crippen molar-refractivity contribution in [3.05, 3.63) is 53.7 Å². The highest BCUT2D eigenvalue weighted by Crippen LogP contribution is 2.25. The summed E-state index contributed by atoms with van der Waals surface area (Å²) in [5.74, 6) is -1.59. The zero-order chi connectivity index (χ0) is 22.6. The van der Waals surface area contributed by atoms with E-state index in [-0.39, 0.29) is 43.3 Å². The second kappa shape index (κ2) is 9.19. The molecule has 0 saturated carbocycles. The van der Waals surface area contributed by atoms with Gasteiger partial charge in [-0.2, -0.15) is 0 Å². The van der Waals surface area contributed by atoms with Crippen LogP contribution in [0.15, 0.2) is 42.6 Å². The molecule has 1 aliphatic rings. The molecule has 2 aromatic rings. The Kier molecular flexibility index (Phi) is 6.62. The lowest BCUT2D eigenvalue weighted by atomic mass is 10.0. The summed E-state index contributed by atoms with van der Waals surface area (Å²) < 4.78 is 60.6. The Hall–Kier alpha value is -3.37. The fraction of sp³-hybridized carbons (Fsp3) is 0.350. The van der Waals surface area contributed by atoms with Gasteiger partial charge in [0.1, 0.15) is 17.4 Å². The lowest BCUT2D eigenvalue weighted by Gasteiger charge is -2.34. The molecule has 1 aliphatic heterocycles. The Bertz CT molecular complexity index is 937. The molecule has 0 unspecified atom stereocenters. The summed E-state index contributed by atoms with van der Waals surface area (Å²) in [5.41, 5.74) is 5.76. The molecular formula is C20H19F4N3O4. The molecule has 166 valence electrons. The van der Waals surface area contributed by atoms with Gasteiger partial charge in [0.05, 0.1) is 13.0 Å². The van der Waals surface area contributed by atoms with E-state index in [1.54, 1.807) is 0 Å². The zero-order valence-corrected chi connectivity index (χ0v) is 16.1. The second-order valence-corrected chi connectivity index (χ2v) is 6.89. The summed E-state index contributed by atoms with van der Waals surface area (Å²) in [7, 11) is 0. The van der Waals surface area contributed by atoms with Crippen LogP contribution in [0.5, 0.6) is 11.6 Å². The summed E-state index contributed by atoms with van der Waals surface area (Å²) in [4.78, 5) is 29.1. The van der Waals surface area contributed by atoms with Crippen LogP contribution < -0.4 is 15.2 Å². The van der Waals surface area contributed by atoms with E-state index in [9.17, 15) is 27.2 Å². The van der Waals surface area contributed by atoms with Crippen molar-refractivity contribution in [1.82, 2.24) is 9.88 Å². The number of rotatable bonds is 6. The molecule has 2 atom stereocenters. The minimum atomic E-state index is -4.80. The minimum absolute atomic E-state index is 0.0335. The smallest absolute Gasteiger partial charge is 0.471 e. The third kappa shape index (κ3) is 6.06. The number of halogens is 4. The van der Waals surface area contributed by atoms with Crippen LogP contribution in [0.25, 0.3) is 0 Å². The first-order valence-corrected chi connectivity index (χ1v) is 9.30. The van der Waals surface area contributed by atoms with Crippen molar-refractivity contribution in [1.29, 1.82) is 0 Å². The number of likely N-dealkylation sites (tertiary alicyclic amines) is 1. The number of nitrogens with two attached hydrogens (primary N) is 1. The van der Waals surface area contributed by atoms with Crippen LogP contribution >= 0.6 is 0 Å². The van der Waals surface area contributed by atoms with E-state index in [0.29, 0.717) is 5.56 Å². The number of piperidine rings is 1. The van der Waals surface area contributed by atoms with Gasteiger partial charge >= 0.3 is 6.36 Å². The molecule has 11 heteroatoms. The predicted molar refractivity (Wildman–Crippen MR) is 100 cm³/mol. The first kappa shape index (κ1) is 22.3. The quantitative estimate of drug-likeness (QED) is 0.696. The van der Waals surface area contributed by atoms with Crippen LogP contribution in [0.3, 0.4) is 0 Å². The third-order valence-electron chi connectivity index (χ3n) is 4.65. The van der Waals surface area contributed by atoms with Gasteiger partial charge in [-0.15, -0.1) is 13.2 Å². The molecule has 1 saturated heterocycles. The topological polar surface area (TPSA) is 94.8 Å². The molecule has 7 nitrogen and oxygen atoms in total. The molecule has 1 aromatic carbocycles. The molecule has 1 aromatic heterocycles. The lowest BCUT2D eigenvalue weighted by molar-refractivity contribution is -0.274. The molecule has 0 radical (unpaired) electrons. The van der Waals surface area contributed by atoms with Crippen molar-refractivity contribution in [3.8, 4) is 11.6 Å². The maximum atomic E-state index is 14.6. The number of amides is 2. The Balaban J connectivity index is 1.56. The Morgan fingerprint density at radius 1 is 1.19 bits per heavy atom. The van der Waals surface area contributed by atoms with Crippen LogP contribution in [0, 0.1) is 0 Å². The maximum Gasteiger partial charge on any atom is 0.573 e. The van der Waals surface area contributed by atoms with Gasteiger partial charge in [0.15, 0.2) is 6.17 Å². The van der Waals surface area contributed by atoms with E-state index in [2.05, 4.69) is 9.72 Å². The van der Waals surface area contributed by atoms with E-state index in [1.807, 2.05) is 0 Å². The highest BCUT2D eigenvalue weighted by Gasteiger charge is 2.34. The zero-order valence-electron chi connectivity index (χ0n) is 16.1. The van der Waals surface area contributed by atoms with Gasteiger partial charge in [-0.25, -0.2) is 9.37 Å². The number of pyridine rings is 1. The lowest BCUT2D eigenvalue weighted by Crippen LogP contribution is -2.49. The van der Waals surface area contributed by atoms with Gasteiger partial charge in [0.2, 0.25) is 11.8 Å². The van der Waals surface area contributed by atoms with Crippen LogP contribution in [-0.4, -0.2) is 53.4 Å². The number of nitrogens with zero attached hydrogens (tertiary/aromatic N) is 2. The van der Waals surface area contributed by atoms with Crippen molar-refractivity contribution in [3.63, 3.8) is 0 Å². The molecule has 31 heavy (non-hydrogen) atoms. The average molecular weight is 441 g/mol. The van der Waals surface area contributed by atoms with Crippen molar-refractivity contribution in [2.75, 3.05) is 13.1 Å². The van der Waals surface area contributed by atoms with Gasteiger partial charge in [-0.05, 0) is 29.8 Å². The van der Waals surface area contributed by atoms with Gasteiger partial charge in [0.25, 0.3) is 5.91 Å².